The Hall–Kier alpha value is -1.98. The van der Waals surface area contributed by atoms with Gasteiger partial charge in [-0.2, -0.15) is 0 Å². The number of ether oxygens (including phenoxy) is 1. The number of nitrogens with two attached hydrogens (primary N) is 1. The first-order valence-electron chi connectivity index (χ1n) is 6.58. The van der Waals surface area contributed by atoms with Crippen LogP contribution in [-0.2, 0) is 5.54 Å². The van der Waals surface area contributed by atoms with Gasteiger partial charge in [-0.25, -0.2) is 8.78 Å². The van der Waals surface area contributed by atoms with Crippen molar-refractivity contribution in [2.45, 2.75) is 12.0 Å². The minimum Gasteiger partial charge on any atom is -0.490 e. The van der Waals surface area contributed by atoms with Gasteiger partial charge in [0.05, 0.1) is 18.8 Å². The zero-order valence-electron chi connectivity index (χ0n) is 11.4. The monoisotopic (exact) mass is 293 g/mol. The third kappa shape index (κ3) is 3.77. The number of halogens is 2. The highest BCUT2D eigenvalue weighted by Crippen LogP contribution is 2.23. The first-order valence-corrected chi connectivity index (χ1v) is 6.58. The quantitative estimate of drug-likeness (QED) is 0.860. The molecule has 2 rings (SSSR count). The van der Waals surface area contributed by atoms with Gasteiger partial charge < -0.3 is 15.6 Å². The third-order valence-electron chi connectivity index (χ3n) is 3.33. The molecule has 0 aromatic heterocycles. The second-order valence-electron chi connectivity index (χ2n) is 4.85. The maximum absolute atomic E-state index is 13.4. The van der Waals surface area contributed by atoms with Crippen molar-refractivity contribution in [3.05, 3.63) is 65.7 Å². The van der Waals surface area contributed by atoms with Gasteiger partial charge in [-0.3, -0.25) is 0 Å². The Morgan fingerprint density at radius 3 is 2.48 bits per heavy atom. The molecule has 0 amide bonds. The Labute approximate surface area is 122 Å². The molecule has 21 heavy (non-hydrogen) atoms. The van der Waals surface area contributed by atoms with Crippen molar-refractivity contribution in [2.75, 3.05) is 13.2 Å². The fourth-order valence-electron chi connectivity index (χ4n) is 2.02. The fraction of sp³-hybridized carbons (Fsp3) is 0.250. The lowest BCUT2D eigenvalue weighted by molar-refractivity contribution is 0.161. The van der Waals surface area contributed by atoms with Crippen LogP contribution < -0.4 is 10.5 Å². The Morgan fingerprint density at radius 1 is 1.10 bits per heavy atom. The molecule has 2 aromatic carbocycles. The summed E-state index contributed by atoms with van der Waals surface area (Å²) >= 11 is 0. The highest BCUT2D eigenvalue weighted by molar-refractivity contribution is 5.26. The average Bonchev–Trinajstić information content (AvgIpc) is 2.51. The molecule has 2 aromatic rings. The molecule has 0 saturated carbocycles. The molecule has 0 spiro atoms. The van der Waals surface area contributed by atoms with Crippen LogP contribution in [0.25, 0.3) is 0 Å². The van der Waals surface area contributed by atoms with Crippen molar-refractivity contribution >= 4 is 0 Å². The van der Waals surface area contributed by atoms with E-state index in [0.29, 0.717) is 0 Å². The smallest absolute Gasteiger partial charge is 0.165 e. The van der Waals surface area contributed by atoms with Crippen molar-refractivity contribution in [1.82, 2.24) is 0 Å². The molecule has 3 nitrogen and oxygen atoms in total. The van der Waals surface area contributed by atoms with Crippen LogP contribution in [0.15, 0.2) is 48.5 Å². The number of aliphatic hydroxyl groups excluding tert-OH is 1. The summed E-state index contributed by atoms with van der Waals surface area (Å²) < 4.78 is 31.7. The molecular weight excluding hydrogens is 276 g/mol. The number of benzene rings is 2. The largest absolute Gasteiger partial charge is 0.490 e. The number of hydrogen-bond acceptors (Lipinski definition) is 3. The molecule has 0 heterocycles. The van der Waals surface area contributed by atoms with E-state index in [1.165, 1.54) is 0 Å². The van der Waals surface area contributed by atoms with Crippen molar-refractivity contribution < 1.29 is 18.6 Å². The van der Waals surface area contributed by atoms with Gasteiger partial charge in [-0.05, 0) is 17.7 Å². The van der Waals surface area contributed by atoms with Gasteiger partial charge >= 0.3 is 0 Å². The summed E-state index contributed by atoms with van der Waals surface area (Å²) in [5.74, 6) is -1.37. The van der Waals surface area contributed by atoms with E-state index < -0.39 is 17.2 Å². The topological polar surface area (TPSA) is 55.5 Å². The molecule has 5 heteroatoms. The number of hydrogen-bond donors (Lipinski definition) is 2. The van der Waals surface area contributed by atoms with Crippen molar-refractivity contribution in [3.8, 4) is 5.75 Å². The molecule has 0 aliphatic carbocycles. The summed E-state index contributed by atoms with van der Waals surface area (Å²) in [5.41, 5.74) is 5.93. The molecule has 0 bridgehead atoms. The molecule has 0 aliphatic heterocycles. The minimum absolute atomic E-state index is 0.0618. The first kappa shape index (κ1) is 15.4. The van der Waals surface area contributed by atoms with Gasteiger partial charge in [-0.1, -0.05) is 30.3 Å². The Morgan fingerprint density at radius 2 is 1.81 bits per heavy atom. The lowest BCUT2D eigenvalue weighted by Gasteiger charge is -2.27. The molecule has 0 radical (unpaired) electrons. The highest BCUT2D eigenvalue weighted by Gasteiger charge is 2.26. The van der Waals surface area contributed by atoms with Crippen LogP contribution >= 0.6 is 0 Å². The normalized spacial score (nSPS) is 13.7. The van der Waals surface area contributed by atoms with Crippen LogP contribution in [0, 0.1) is 11.6 Å². The van der Waals surface area contributed by atoms with Gasteiger partial charge in [0.1, 0.15) is 5.82 Å². The maximum Gasteiger partial charge on any atom is 0.165 e. The number of rotatable bonds is 6. The predicted molar refractivity (Wildman–Crippen MR) is 75.9 cm³/mol. The predicted octanol–water partition coefficient (Wildman–Crippen LogP) is 2.58. The van der Waals surface area contributed by atoms with E-state index in [2.05, 4.69) is 0 Å². The lowest BCUT2D eigenvalue weighted by atomic mass is 9.89. The zero-order valence-corrected chi connectivity index (χ0v) is 11.4. The second kappa shape index (κ2) is 6.65. The molecule has 112 valence electrons. The summed E-state index contributed by atoms with van der Waals surface area (Å²) in [4.78, 5) is 0. The summed E-state index contributed by atoms with van der Waals surface area (Å²) in [5, 5.41) is 9.52. The minimum atomic E-state index is -0.981. The number of aliphatic hydroxyl groups is 1. The van der Waals surface area contributed by atoms with Gasteiger partial charge in [0.15, 0.2) is 11.6 Å². The van der Waals surface area contributed by atoms with Gasteiger partial charge in [0.25, 0.3) is 0 Å². The Balaban J connectivity index is 2.02. The molecule has 0 fully saturated rings. The molecule has 3 N–H and O–H groups in total. The summed E-state index contributed by atoms with van der Waals surface area (Å²) in [6, 6.07) is 12.1. The molecular formula is C16H17F2NO2. The Bertz CT molecular complexity index is 592. The average molecular weight is 293 g/mol. The molecule has 1 atom stereocenters. The van der Waals surface area contributed by atoms with E-state index in [0.717, 1.165) is 23.8 Å². The SMILES string of the molecule is NC(CO)(CCOc1cc(F)ccc1F)c1ccccc1. The van der Waals surface area contributed by atoms with E-state index in [9.17, 15) is 13.9 Å². The van der Waals surface area contributed by atoms with E-state index in [-0.39, 0.29) is 25.4 Å². The fourth-order valence-corrected chi connectivity index (χ4v) is 2.02. The lowest BCUT2D eigenvalue weighted by Crippen LogP contribution is -2.41. The Kier molecular flexibility index (Phi) is 4.88. The van der Waals surface area contributed by atoms with E-state index in [1.807, 2.05) is 18.2 Å². The van der Waals surface area contributed by atoms with E-state index in [1.54, 1.807) is 12.1 Å². The van der Waals surface area contributed by atoms with Crippen LogP contribution in [0.2, 0.25) is 0 Å². The van der Waals surface area contributed by atoms with Gasteiger partial charge in [0.2, 0.25) is 0 Å². The van der Waals surface area contributed by atoms with Crippen LogP contribution in [0.1, 0.15) is 12.0 Å². The van der Waals surface area contributed by atoms with E-state index >= 15 is 0 Å². The van der Waals surface area contributed by atoms with Crippen molar-refractivity contribution in [1.29, 1.82) is 0 Å². The van der Waals surface area contributed by atoms with Crippen molar-refractivity contribution in [3.63, 3.8) is 0 Å². The van der Waals surface area contributed by atoms with Crippen LogP contribution in [0.3, 0.4) is 0 Å². The first-order chi connectivity index (χ1) is 10.0. The van der Waals surface area contributed by atoms with Crippen LogP contribution in [0.4, 0.5) is 8.78 Å². The van der Waals surface area contributed by atoms with Crippen LogP contribution in [-0.4, -0.2) is 18.3 Å². The zero-order chi connectivity index (χ0) is 15.3. The van der Waals surface area contributed by atoms with E-state index in [4.69, 9.17) is 10.5 Å². The summed E-state index contributed by atoms with van der Waals surface area (Å²) in [7, 11) is 0. The highest BCUT2D eigenvalue weighted by atomic mass is 19.1. The summed E-state index contributed by atoms with van der Waals surface area (Å²) in [6.45, 7) is -0.210. The third-order valence-corrected chi connectivity index (χ3v) is 3.33. The van der Waals surface area contributed by atoms with Crippen molar-refractivity contribution in [2.24, 2.45) is 5.73 Å². The molecule has 1 unspecified atom stereocenters. The summed E-state index contributed by atoms with van der Waals surface area (Å²) in [6.07, 6.45) is 0.267. The molecule has 0 saturated heterocycles. The van der Waals surface area contributed by atoms with Gasteiger partial charge in [0, 0.05) is 12.5 Å². The second-order valence-corrected chi connectivity index (χ2v) is 4.85. The standard InChI is InChI=1S/C16H17F2NO2/c17-13-6-7-14(18)15(10-13)21-9-8-16(19,11-20)12-4-2-1-3-5-12/h1-7,10,20H,8-9,11,19H2. The molecule has 0 aliphatic rings. The maximum atomic E-state index is 13.4. The van der Waals surface area contributed by atoms with Gasteiger partial charge in [-0.15, -0.1) is 0 Å². The van der Waals surface area contributed by atoms with Crippen LogP contribution in [0.5, 0.6) is 5.75 Å².